The molecule has 0 atom stereocenters. The van der Waals surface area contributed by atoms with E-state index in [1.54, 1.807) is 30.0 Å². The van der Waals surface area contributed by atoms with Crippen molar-refractivity contribution in [2.75, 3.05) is 37.8 Å². The summed E-state index contributed by atoms with van der Waals surface area (Å²) in [4.78, 5) is 26.9. The smallest absolute Gasteiger partial charge is 0.339 e. The van der Waals surface area contributed by atoms with Crippen LogP contribution in [-0.2, 0) is 16.2 Å². The summed E-state index contributed by atoms with van der Waals surface area (Å²) in [7, 11) is -3.34. The highest BCUT2D eigenvalue weighted by Gasteiger charge is 2.31. The molecular formula is C24H29F3N4O4S. The van der Waals surface area contributed by atoms with E-state index < -0.39 is 27.8 Å². The molecule has 1 heterocycles. The average Bonchev–Trinajstić information content (AvgIpc) is 2.82. The molecule has 2 aromatic carbocycles. The zero-order chi connectivity index (χ0) is 26.5. The number of hydrogen-bond acceptors (Lipinski definition) is 4. The minimum atomic E-state index is -4.37. The zero-order valence-electron chi connectivity index (χ0n) is 20.0. The molecule has 1 fully saturated rings. The molecule has 0 aliphatic carbocycles. The van der Waals surface area contributed by atoms with Gasteiger partial charge in [0.2, 0.25) is 10.0 Å². The Morgan fingerprint density at radius 2 is 1.67 bits per heavy atom. The number of piperidine rings is 1. The molecule has 2 aromatic rings. The van der Waals surface area contributed by atoms with Crippen molar-refractivity contribution in [1.82, 2.24) is 14.9 Å². The summed E-state index contributed by atoms with van der Waals surface area (Å²) in [6.07, 6.45) is -2.07. The van der Waals surface area contributed by atoms with Gasteiger partial charge in [0.05, 0.1) is 11.8 Å². The zero-order valence-corrected chi connectivity index (χ0v) is 20.8. The molecule has 3 rings (SSSR count). The molecule has 8 nitrogen and oxygen atoms in total. The lowest BCUT2D eigenvalue weighted by Crippen LogP contribution is -2.38. The van der Waals surface area contributed by atoms with Crippen molar-refractivity contribution in [3.63, 3.8) is 0 Å². The average molecular weight is 527 g/mol. The van der Waals surface area contributed by atoms with E-state index in [1.165, 1.54) is 12.1 Å². The molecule has 3 N–H and O–H groups in total. The first-order valence-corrected chi connectivity index (χ1v) is 13.3. The molecule has 0 radical (unpaired) electrons. The summed E-state index contributed by atoms with van der Waals surface area (Å²) in [6.45, 7) is 2.85. The third-order valence-electron chi connectivity index (χ3n) is 6.00. The molecular weight excluding hydrogens is 497 g/mol. The van der Waals surface area contributed by atoms with Gasteiger partial charge in [-0.3, -0.25) is 4.79 Å². The number of nitrogens with zero attached hydrogens (tertiary/aromatic N) is 1. The van der Waals surface area contributed by atoms with Gasteiger partial charge >= 0.3 is 12.2 Å². The summed E-state index contributed by atoms with van der Waals surface area (Å²) in [6, 6.07) is 9.65. The predicted molar refractivity (Wildman–Crippen MR) is 130 cm³/mol. The van der Waals surface area contributed by atoms with Crippen LogP contribution in [0.3, 0.4) is 0 Å². The van der Waals surface area contributed by atoms with Crippen LogP contribution in [0.1, 0.15) is 45.8 Å². The number of benzene rings is 2. The largest absolute Gasteiger partial charge is 0.416 e. The number of alkyl halides is 3. The Hall–Kier alpha value is -3.12. The summed E-state index contributed by atoms with van der Waals surface area (Å²) in [5.41, 5.74) is 1.75. The molecule has 0 bridgehead atoms. The van der Waals surface area contributed by atoms with Crippen molar-refractivity contribution >= 4 is 27.6 Å². The fraction of sp³-hybridized carbons (Fsp3) is 0.417. The van der Waals surface area contributed by atoms with Gasteiger partial charge in [0.25, 0.3) is 5.91 Å². The molecule has 1 saturated heterocycles. The Morgan fingerprint density at radius 3 is 2.25 bits per heavy atom. The SMILES string of the molecule is Cc1ccc(C(=O)N2CCC(c3ccc(C(F)(F)F)cc3)CC2)cc1NC(=O)NCCNS(C)(=O)=O. The van der Waals surface area contributed by atoms with Crippen LogP contribution >= 0.6 is 0 Å². The molecule has 0 spiro atoms. The van der Waals surface area contributed by atoms with Gasteiger partial charge < -0.3 is 15.5 Å². The summed E-state index contributed by atoms with van der Waals surface area (Å²) >= 11 is 0. The van der Waals surface area contributed by atoms with Gasteiger partial charge in [0, 0.05) is 37.4 Å². The van der Waals surface area contributed by atoms with E-state index in [0.717, 1.165) is 29.5 Å². The van der Waals surface area contributed by atoms with Gasteiger partial charge in [0.1, 0.15) is 0 Å². The highest BCUT2D eigenvalue weighted by Crippen LogP contribution is 2.33. The lowest BCUT2D eigenvalue weighted by atomic mass is 9.88. The second-order valence-corrected chi connectivity index (χ2v) is 10.6. The second kappa shape index (κ2) is 11.3. The standard InChI is InChI=1S/C24H29F3N4O4S/c1-16-3-4-19(15-21(16)30-23(33)28-11-12-29-36(2,34)35)22(32)31-13-9-18(10-14-31)17-5-7-20(8-6-17)24(25,26)27/h3-8,15,18,29H,9-14H2,1-2H3,(H2,28,30,33). The van der Waals surface area contributed by atoms with E-state index in [2.05, 4.69) is 15.4 Å². The van der Waals surface area contributed by atoms with Gasteiger partial charge in [-0.1, -0.05) is 18.2 Å². The predicted octanol–water partition coefficient (Wildman–Crippen LogP) is 3.70. The number of nitrogens with one attached hydrogen (secondary N) is 3. The molecule has 0 saturated carbocycles. The highest BCUT2D eigenvalue weighted by molar-refractivity contribution is 7.88. The first kappa shape index (κ1) is 27.5. The van der Waals surface area contributed by atoms with Crippen molar-refractivity contribution in [2.45, 2.75) is 31.9 Å². The number of amides is 3. The van der Waals surface area contributed by atoms with Crippen LogP contribution in [0.15, 0.2) is 42.5 Å². The Bertz CT molecular complexity index is 1190. The molecule has 0 unspecified atom stereocenters. The van der Waals surface area contributed by atoms with Crippen LogP contribution in [0, 0.1) is 6.92 Å². The third-order valence-corrected chi connectivity index (χ3v) is 6.73. The summed E-state index contributed by atoms with van der Waals surface area (Å²) in [5, 5.41) is 5.21. The summed E-state index contributed by atoms with van der Waals surface area (Å²) < 4.78 is 62.8. The van der Waals surface area contributed by atoms with Crippen LogP contribution < -0.4 is 15.4 Å². The van der Waals surface area contributed by atoms with Crippen LogP contribution in [0.25, 0.3) is 0 Å². The van der Waals surface area contributed by atoms with Gasteiger partial charge in [-0.2, -0.15) is 13.2 Å². The number of halogens is 3. The number of hydrogen-bond donors (Lipinski definition) is 3. The number of likely N-dealkylation sites (tertiary alicyclic amines) is 1. The van der Waals surface area contributed by atoms with Crippen molar-refractivity contribution in [2.24, 2.45) is 0 Å². The van der Waals surface area contributed by atoms with Crippen LogP contribution in [0.4, 0.5) is 23.7 Å². The maximum atomic E-state index is 13.1. The van der Waals surface area contributed by atoms with E-state index in [0.29, 0.717) is 37.2 Å². The molecule has 3 amide bonds. The molecule has 12 heteroatoms. The lowest BCUT2D eigenvalue weighted by Gasteiger charge is -2.32. The lowest BCUT2D eigenvalue weighted by molar-refractivity contribution is -0.137. The summed E-state index contributed by atoms with van der Waals surface area (Å²) in [5.74, 6) is -0.117. The van der Waals surface area contributed by atoms with Crippen LogP contribution in [0.2, 0.25) is 0 Å². The third kappa shape index (κ3) is 7.69. The fourth-order valence-corrected chi connectivity index (χ4v) is 4.48. The Labute approximate surface area is 208 Å². The van der Waals surface area contributed by atoms with Crippen LogP contribution in [0.5, 0.6) is 0 Å². The fourth-order valence-electron chi connectivity index (χ4n) is 4.01. The maximum Gasteiger partial charge on any atom is 0.416 e. The molecule has 196 valence electrons. The van der Waals surface area contributed by atoms with Crippen molar-refractivity contribution in [3.05, 3.63) is 64.7 Å². The first-order chi connectivity index (χ1) is 16.8. The number of sulfonamides is 1. The number of aryl methyl sites for hydroxylation is 1. The molecule has 1 aliphatic rings. The van der Waals surface area contributed by atoms with E-state index in [4.69, 9.17) is 0 Å². The molecule has 1 aliphatic heterocycles. The number of urea groups is 1. The van der Waals surface area contributed by atoms with E-state index in [9.17, 15) is 31.2 Å². The first-order valence-electron chi connectivity index (χ1n) is 11.4. The van der Waals surface area contributed by atoms with E-state index >= 15 is 0 Å². The van der Waals surface area contributed by atoms with Gasteiger partial charge in [0.15, 0.2) is 0 Å². The number of carbonyl (C=O) groups is 2. The van der Waals surface area contributed by atoms with Crippen molar-refractivity contribution in [3.8, 4) is 0 Å². The van der Waals surface area contributed by atoms with Gasteiger partial charge in [-0.15, -0.1) is 0 Å². The van der Waals surface area contributed by atoms with Crippen LogP contribution in [-0.4, -0.2) is 57.7 Å². The van der Waals surface area contributed by atoms with Gasteiger partial charge in [-0.25, -0.2) is 17.9 Å². The normalized spacial score (nSPS) is 15.0. The van der Waals surface area contributed by atoms with Crippen molar-refractivity contribution < 1.29 is 31.2 Å². The Balaban J connectivity index is 1.55. The Kier molecular flexibility index (Phi) is 8.62. The molecule has 36 heavy (non-hydrogen) atoms. The minimum absolute atomic E-state index is 0.0478. The number of anilines is 1. The van der Waals surface area contributed by atoms with E-state index in [-0.39, 0.29) is 24.9 Å². The quantitative estimate of drug-likeness (QED) is 0.478. The minimum Gasteiger partial charge on any atom is -0.339 e. The van der Waals surface area contributed by atoms with Gasteiger partial charge in [-0.05, 0) is 61.1 Å². The number of carbonyl (C=O) groups excluding carboxylic acids is 2. The highest BCUT2D eigenvalue weighted by atomic mass is 32.2. The monoisotopic (exact) mass is 526 g/mol. The maximum absolute atomic E-state index is 13.1. The van der Waals surface area contributed by atoms with Crippen molar-refractivity contribution in [1.29, 1.82) is 0 Å². The Morgan fingerprint density at radius 1 is 1.03 bits per heavy atom. The number of rotatable bonds is 7. The molecule has 0 aromatic heterocycles. The van der Waals surface area contributed by atoms with E-state index in [1.807, 2.05) is 0 Å². The second-order valence-electron chi connectivity index (χ2n) is 8.76. The topological polar surface area (TPSA) is 108 Å².